The van der Waals surface area contributed by atoms with E-state index in [4.69, 9.17) is 9.47 Å². The first-order chi connectivity index (χ1) is 12.9. The molecule has 1 spiro atoms. The van der Waals surface area contributed by atoms with Crippen LogP contribution in [0.2, 0.25) is 0 Å². The van der Waals surface area contributed by atoms with Crippen molar-refractivity contribution in [3.63, 3.8) is 0 Å². The van der Waals surface area contributed by atoms with Crippen LogP contribution in [0, 0.1) is 6.92 Å². The summed E-state index contributed by atoms with van der Waals surface area (Å²) < 4.78 is 11.3. The number of nitrogens with zero attached hydrogens (tertiary/aromatic N) is 3. The van der Waals surface area contributed by atoms with Crippen molar-refractivity contribution in [3.8, 4) is 0 Å². The van der Waals surface area contributed by atoms with E-state index in [-0.39, 0.29) is 12.5 Å². The van der Waals surface area contributed by atoms with Gasteiger partial charge in [-0.3, -0.25) is 4.79 Å². The smallest absolute Gasteiger partial charge is 0.246 e. The number of amides is 1. The van der Waals surface area contributed by atoms with Gasteiger partial charge < -0.3 is 24.8 Å². The van der Waals surface area contributed by atoms with Crippen molar-refractivity contribution in [1.29, 1.82) is 0 Å². The number of hydrogen-bond donors (Lipinski definition) is 2. The second kappa shape index (κ2) is 8.08. The van der Waals surface area contributed by atoms with Crippen LogP contribution < -0.4 is 10.2 Å². The number of ether oxygens (including phenoxy) is 2. The Hall–Kier alpha value is -1.77. The Balaban J connectivity index is 1.67. The zero-order valence-corrected chi connectivity index (χ0v) is 16.4. The molecular weight excluding hydrogens is 348 g/mol. The fourth-order valence-corrected chi connectivity index (χ4v) is 4.03. The zero-order chi connectivity index (χ0) is 19.5. The van der Waals surface area contributed by atoms with E-state index in [1.54, 1.807) is 6.20 Å². The molecule has 150 valence electrons. The average molecular weight is 378 g/mol. The molecule has 0 aromatic carbocycles. The summed E-state index contributed by atoms with van der Waals surface area (Å²) in [6.45, 7) is 8.07. The van der Waals surface area contributed by atoms with Crippen LogP contribution in [-0.2, 0) is 14.3 Å². The Bertz CT molecular complexity index is 663. The highest BCUT2D eigenvalue weighted by atomic mass is 16.5. The fourth-order valence-electron chi connectivity index (χ4n) is 4.03. The molecule has 0 unspecified atom stereocenters. The standard InChI is InChI=1S/C19H30N4O4/c1-4-26-13-15(24)22-18(3)8-12-27-19(16(18)25)6-10-23(11-7-19)17-20-9-5-14(2)21-17/h5,9,16,25H,4,6-8,10-13H2,1-3H3,(H,22,24)/t16-,18+/m0/s1. The Labute approximate surface area is 160 Å². The van der Waals surface area contributed by atoms with Crippen LogP contribution in [0.5, 0.6) is 0 Å². The first kappa shape index (κ1) is 20.0. The molecule has 1 amide bonds. The van der Waals surface area contributed by atoms with E-state index < -0.39 is 17.2 Å². The zero-order valence-electron chi connectivity index (χ0n) is 16.4. The topological polar surface area (TPSA) is 96.8 Å². The molecule has 1 aromatic rings. The molecule has 0 saturated carbocycles. The quantitative estimate of drug-likeness (QED) is 0.783. The number of anilines is 1. The largest absolute Gasteiger partial charge is 0.388 e. The minimum atomic E-state index is -0.787. The van der Waals surface area contributed by atoms with Gasteiger partial charge in [-0.25, -0.2) is 9.97 Å². The van der Waals surface area contributed by atoms with Crippen LogP contribution in [-0.4, -0.2) is 71.1 Å². The molecule has 2 N–H and O–H groups in total. The highest BCUT2D eigenvalue weighted by molar-refractivity contribution is 5.78. The van der Waals surface area contributed by atoms with Crippen LogP contribution in [0.3, 0.4) is 0 Å². The van der Waals surface area contributed by atoms with Gasteiger partial charge in [0.05, 0.1) is 11.1 Å². The molecule has 8 heteroatoms. The Morgan fingerprint density at radius 1 is 1.44 bits per heavy atom. The number of aliphatic hydroxyl groups excluding tert-OH is 1. The third-order valence-electron chi connectivity index (χ3n) is 5.65. The van der Waals surface area contributed by atoms with E-state index in [1.807, 2.05) is 26.8 Å². The summed E-state index contributed by atoms with van der Waals surface area (Å²) in [6, 6.07) is 1.87. The van der Waals surface area contributed by atoms with Crippen molar-refractivity contribution < 1.29 is 19.4 Å². The molecule has 3 rings (SSSR count). The highest BCUT2D eigenvalue weighted by Crippen LogP contribution is 2.40. The van der Waals surface area contributed by atoms with Crippen LogP contribution >= 0.6 is 0 Å². The van der Waals surface area contributed by atoms with Gasteiger partial charge in [-0.15, -0.1) is 0 Å². The fraction of sp³-hybridized carbons (Fsp3) is 0.737. The van der Waals surface area contributed by atoms with Gasteiger partial charge in [0.2, 0.25) is 11.9 Å². The number of hydrogen-bond acceptors (Lipinski definition) is 7. The van der Waals surface area contributed by atoms with Crippen molar-refractivity contribution in [2.24, 2.45) is 0 Å². The van der Waals surface area contributed by atoms with Crippen LogP contribution in [0.15, 0.2) is 12.3 Å². The summed E-state index contributed by atoms with van der Waals surface area (Å²) in [4.78, 5) is 23.1. The molecule has 2 atom stereocenters. The highest BCUT2D eigenvalue weighted by Gasteiger charge is 2.53. The molecule has 0 aliphatic carbocycles. The monoisotopic (exact) mass is 378 g/mol. The number of piperidine rings is 1. The number of aliphatic hydroxyl groups is 1. The van der Waals surface area contributed by atoms with Crippen LogP contribution in [0.25, 0.3) is 0 Å². The molecule has 27 heavy (non-hydrogen) atoms. The molecule has 0 bridgehead atoms. The summed E-state index contributed by atoms with van der Waals surface area (Å²) in [7, 11) is 0. The number of nitrogens with one attached hydrogen (secondary N) is 1. The summed E-state index contributed by atoms with van der Waals surface area (Å²) in [6.07, 6.45) is 2.85. The summed E-state index contributed by atoms with van der Waals surface area (Å²) in [5, 5.41) is 14.1. The van der Waals surface area contributed by atoms with Gasteiger partial charge in [-0.1, -0.05) is 0 Å². The van der Waals surface area contributed by atoms with Crippen molar-refractivity contribution in [2.45, 2.75) is 57.3 Å². The predicted octanol–water partition coefficient (Wildman–Crippen LogP) is 0.817. The summed E-state index contributed by atoms with van der Waals surface area (Å²) >= 11 is 0. The molecule has 2 aliphatic heterocycles. The van der Waals surface area contributed by atoms with Gasteiger partial charge in [0.1, 0.15) is 12.7 Å². The van der Waals surface area contributed by atoms with E-state index in [2.05, 4.69) is 20.2 Å². The molecule has 1 aromatic heterocycles. The predicted molar refractivity (Wildman–Crippen MR) is 101 cm³/mol. The van der Waals surface area contributed by atoms with Crippen molar-refractivity contribution in [3.05, 3.63) is 18.0 Å². The molecule has 8 nitrogen and oxygen atoms in total. The molecule has 3 heterocycles. The molecule has 2 aliphatic rings. The lowest BCUT2D eigenvalue weighted by atomic mass is 9.73. The van der Waals surface area contributed by atoms with E-state index in [1.165, 1.54) is 0 Å². The molecule has 0 radical (unpaired) electrons. The number of aromatic nitrogens is 2. The van der Waals surface area contributed by atoms with E-state index in [9.17, 15) is 9.90 Å². The maximum atomic E-state index is 12.1. The maximum Gasteiger partial charge on any atom is 0.246 e. The SMILES string of the molecule is CCOCC(=O)N[C@]1(C)CCOC2(CCN(c3nccc(C)n3)CC2)[C@H]1O. The van der Waals surface area contributed by atoms with Crippen LogP contribution in [0.1, 0.15) is 38.8 Å². The lowest BCUT2D eigenvalue weighted by Crippen LogP contribution is -2.69. The summed E-state index contributed by atoms with van der Waals surface area (Å²) in [5.74, 6) is 0.504. The number of aryl methyl sites for hydroxylation is 1. The molecular formula is C19H30N4O4. The van der Waals surface area contributed by atoms with Crippen LogP contribution in [0.4, 0.5) is 5.95 Å². The Kier molecular flexibility index (Phi) is 5.98. The Morgan fingerprint density at radius 2 is 2.19 bits per heavy atom. The number of carbonyl (C=O) groups is 1. The Morgan fingerprint density at radius 3 is 2.85 bits per heavy atom. The van der Waals surface area contributed by atoms with Gasteiger partial charge >= 0.3 is 0 Å². The second-order valence-electron chi connectivity index (χ2n) is 7.65. The van der Waals surface area contributed by atoms with Gasteiger partial charge in [0, 0.05) is 38.2 Å². The van der Waals surface area contributed by atoms with Crippen molar-refractivity contribution in [1.82, 2.24) is 15.3 Å². The summed E-state index contributed by atoms with van der Waals surface area (Å²) in [5.41, 5.74) is -0.459. The van der Waals surface area contributed by atoms with Gasteiger partial charge in [-0.2, -0.15) is 0 Å². The first-order valence-electron chi connectivity index (χ1n) is 9.64. The third-order valence-corrected chi connectivity index (χ3v) is 5.65. The van der Waals surface area contributed by atoms with E-state index >= 15 is 0 Å². The minimum Gasteiger partial charge on any atom is -0.388 e. The first-order valence-corrected chi connectivity index (χ1v) is 9.64. The number of carbonyl (C=O) groups excluding carboxylic acids is 1. The normalized spacial score (nSPS) is 27.6. The van der Waals surface area contributed by atoms with Crippen molar-refractivity contribution in [2.75, 3.05) is 37.8 Å². The van der Waals surface area contributed by atoms with Gasteiger partial charge in [-0.05, 0) is 46.1 Å². The average Bonchev–Trinajstić information content (AvgIpc) is 2.65. The van der Waals surface area contributed by atoms with Crippen molar-refractivity contribution >= 4 is 11.9 Å². The van der Waals surface area contributed by atoms with E-state index in [0.717, 1.165) is 5.69 Å². The van der Waals surface area contributed by atoms with Gasteiger partial charge in [0.25, 0.3) is 0 Å². The number of rotatable bonds is 5. The lowest BCUT2D eigenvalue weighted by Gasteiger charge is -2.53. The maximum absolute atomic E-state index is 12.1. The second-order valence-corrected chi connectivity index (χ2v) is 7.65. The molecule has 2 fully saturated rings. The van der Waals surface area contributed by atoms with Gasteiger partial charge in [0.15, 0.2) is 0 Å². The third kappa shape index (κ3) is 4.23. The van der Waals surface area contributed by atoms with E-state index in [0.29, 0.717) is 51.5 Å². The molecule has 2 saturated heterocycles. The lowest BCUT2D eigenvalue weighted by molar-refractivity contribution is -0.199. The minimum absolute atomic E-state index is 0.00510.